The summed E-state index contributed by atoms with van der Waals surface area (Å²) in [7, 11) is 2.36. The van der Waals surface area contributed by atoms with E-state index < -0.39 is 5.97 Å². The Labute approximate surface area is 193 Å². The molecule has 0 aliphatic carbocycles. The van der Waals surface area contributed by atoms with Crippen LogP contribution in [-0.4, -0.2) is 60.8 Å². The van der Waals surface area contributed by atoms with E-state index in [1.54, 1.807) is 13.2 Å². The third-order valence-corrected chi connectivity index (χ3v) is 6.03. The molecule has 0 atom stereocenters. The van der Waals surface area contributed by atoms with Crippen molar-refractivity contribution in [1.82, 2.24) is 0 Å². The Hall–Kier alpha value is -1.32. The van der Waals surface area contributed by atoms with Gasteiger partial charge in [-0.05, 0) is 60.6 Å². The van der Waals surface area contributed by atoms with Gasteiger partial charge in [0.25, 0.3) is 0 Å². The van der Waals surface area contributed by atoms with Gasteiger partial charge in [0.05, 0.1) is 13.2 Å². The molecule has 1 rings (SSSR count). The fourth-order valence-corrected chi connectivity index (χ4v) is 4.05. The van der Waals surface area contributed by atoms with Crippen molar-refractivity contribution in [2.24, 2.45) is 0 Å². The quantitative estimate of drug-likeness (QED) is 0.0669. The smallest absolute Gasteiger partial charge is 0.330 e. The summed E-state index contributed by atoms with van der Waals surface area (Å²) in [5.74, 6) is 2.63. The monoisotopic (exact) mass is 468 g/mol. The predicted octanol–water partition coefficient (Wildman–Crippen LogP) is 4.96. The number of rotatable bonds is 20. The Morgan fingerprint density at radius 2 is 1.74 bits per heavy atom. The number of carbonyl (C=O) groups excluding carboxylic acids is 1. The van der Waals surface area contributed by atoms with Gasteiger partial charge in [-0.25, -0.2) is 14.6 Å². The first-order chi connectivity index (χ1) is 15.3. The van der Waals surface area contributed by atoms with Crippen LogP contribution in [0, 0.1) is 0 Å². The van der Waals surface area contributed by atoms with Crippen LogP contribution in [0.3, 0.4) is 0 Å². The lowest BCUT2D eigenvalue weighted by atomic mass is 10.2. The highest BCUT2D eigenvalue weighted by Gasteiger charge is 1.99. The minimum absolute atomic E-state index is 0.155. The minimum atomic E-state index is -0.408. The summed E-state index contributed by atoms with van der Waals surface area (Å²) in [4.78, 5) is 21.9. The molecule has 1 aromatic rings. The van der Waals surface area contributed by atoms with Crippen LogP contribution in [-0.2, 0) is 23.7 Å². The van der Waals surface area contributed by atoms with Crippen LogP contribution in [0.15, 0.2) is 30.3 Å². The minimum Gasteiger partial charge on any atom is -0.494 e. The molecule has 1 aromatic carbocycles. The van der Waals surface area contributed by atoms with Crippen LogP contribution in [0.2, 0.25) is 6.04 Å². The molecule has 0 amide bonds. The number of hydrogen-bond donors (Lipinski definition) is 0. The van der Waals surface area contributed by atoms with E-state index in [9.17, 15) is 4.79 Å². The molecule has 0 aliphatic rings. The van der Waals surface area contributed by atoms with Gasteiger partial charge in [-0.1, -0.05) is 31.9 Å². The second-order valence-corrected chi connectivity index (χ2v) is 9.11. The van der Waals surface area contributed by atoms with Gasteiger partial charge in [0.1, 0.15) is 19.0 Å². The number of hydrogen-bond acceptors (Lipinski definition) is 7. The third kappa shape index (κ3) is 17.0. The molecule has 0 saturated carbocycles. The molecule has 0 aliphatic heterocycles. The summed E-state index contributed by atoms with van der Waals surface area (Å²) in [6.07, 6.45) is 8.66. The van der Waals surface area contributed by atoms with Gasteiger partial charge in [0.2, 0.25) is 9.76 Å². The Bertz CT molecular complexity index is 582. The molecule has 0 bridgehead atoms. The van der Waals surface area contributed by atoms with E-state index >= 15 is 0 Å². The molecule has 2 radical (unpaired) electrons. The lowest BCUT2D eigenvalue weighted by molar-refractivity contribution is -0.297. The Kier molecular flexibility index (Phi) is 18.4. The van der Waals surface area contributed by atoms with Gasteiger partial charge in [-0.3, -0.25) is 0 Å². The average Bonchev–Trinajstić information content (AvgIpc) is 2.79. The SMILES string of the molecule is CCCCCOc1ccc(C=CC(=O)OCCOOCCCSCCC[Si]OC)cc1. The summed E-state index contributed by atoms with van der Waals surface area (Å²) in [5.41, 5.74) is 0.912. The van der Waals surface area contributed by atoms with Gasteiger partial charge in [-0.2, -0.15) is 11.8 Å². The fraction of sp³-hybridized carbons (Fsp3) is 0.609. The van der Waals surface area contributed by atoms with Crippen molar-refractivity contribution in [2.75, 3.05) is 45.0 Å². The molecule has 6 nitrogen and oxygen atoms in total. The maximum absolute atomic E-state index is 11.7. The maximum Gasteiger partial charge on any atom is 0.330 e. The molecular weight excluding hydrogens is 432 g/mol. The first-order valence-corrected chi connectivity index (χ1v) is 13.2. The lowest BCUT2D eigenvalue weighted by Crippen LogP contribution is -2.09. The van der Waals surface area contributed by atoms with Crippen LogP contribution in [0.1, 0.15) is 44.6 Å². The molecule has 0 N–H and O–H groups in total. The van der Waals surface area contributed by atoms with Crippen LogP contribution < -0.4 is 4.74 Å². The number of benzene rings is 1. The fourth-order valence-electron chi connectivity index (χ4n) is 2.39. The summed E-state index contributed by atoms with van der Waals surface area (Å²) < 4.78 is 15.8. The normalized spacial score (nSPS) is 11.2. The van der Waals surface area contributed by atoms with Gasteiger partial charge in [0, 0.05) is 13.2 Å². The maximum atomic E-state index is 11.7. The van der Waals surface area contributed by atoms with Gasteiger partial charge < -0.3 is 13.9 Å². The standard InChI is InChI=1S/C23H36O6SSi/c1-3-4-5-14-26-22-11-8-21(9-12-22)10-13-23(24)27-16-17-29-28-15-6-18-30-19-7-20-31-25-2/h8-13H,3-7,14-20H2,1-2H3. The molecule has 0 unspecified atom stereocenters. The van der Waals surface area contributed by atoms with E-state index in [1.165, 1.54) is 25.3 Å². The molecule has 8 heteroatoms. The van der Waals surface area contributed by atoms with E-state index in [1.807, 2.05) is 36.0 Å². The van der Waals surface area contributed by atoms with E-state index in [4.69, 9.17) is 23.7 Å². The van der Waals surface area contributed by atoms with E-state index in [0.29, 0.717) is 16.4 Å². The highest BCUT2D eigenvalue weighted by molar-refractivity contribution is 7.99. The van der Waals surface area contributed by atoms with Gasteiger partial charge >= 0.3 is 5.97 Å². The third-order valence-electron chi connectivity index (χ3n) is 4.03. The summed E-state index contributed by atoms with van der Waals surface area (Å²) in [6.45, 7) is 3.81. The Morgan fingerprint density at radius 3 is 2.52 bits per heavy atom. The summed E-state index contributed by atoms with van der Waals surface area (Å²) in [6, 6.07) is 8.77. The van der Waals surface area contributed by atoms with Crippen LogP contribution in [0.5, 0.6) is 5.75 Å². The molecular formula is C23H36O6SSi. The van der Waals surface area contributed by atoms with E-state index in [0.717, 1.165) is 48.3 Å². The molecule has 0 spiro atoms. The van der Waals surface area contributed by atoms with Gasteiger partial charge in [-0.15, -0.1) is 0 Å². The summed E-state index contributed by atoms with van der Waals surface area (Å²) in [5, 5.41) is 0. The number of unbranched alkanes of at least 4 members (excludes halogenated alkanes) is 2. The number of carbonyl (C=O) groups is 1. The number of esters is 1. The first kappa shape index (κ1) is 27.7. The average molecular weight is 469 g/mol. The highest BCUT2D eigenvalue weighted by atomic mass is 32.2. The summed E-state index contributed by atoms with van der Waals surface area (Å²) >= 11 is 1.91. The zero-order valence-electron chi connectivity index (χ0n) is 18.8. The zero-order valence-corrected chi connectivity index (χ0v) is 20.6. The molecule has 0 fully saturated rings. The number of ether oxygens (including phenoxy) is 2. The van der Waals surface area contributed by atoms with Crippen molar-refractivity contribution in [3.8, 4) is 5.75 Å². The van der Waals surface area contributed by atoms with Crippen molar-refractivity contribution < 1.29 is 28.5 Å². The van der Waals surface area contributed by atoms with E-state index in [-0.39, 0.29) is 13.2 Å². The molecule has 0 heterocycles. The number of thioether (sulfide) groups is 1. The van der Waals surface area contributed by atoms with E-state index in [2.05, 4.69) is 6.92 Å². The molecule has 31 heavy (non-hydrogen) atoms. The largest absolute Gasteiger partial charge is 0.494 e. The highest BCUT2D eigenvalue weighted by Crippen LogP contribution is 2.14. The second kappa shape index (κ2) is 20.6. The van der Waals surface area contributed by atoms with Crippen molar-refractivity contribution in [3.63, 3.8) is 0 Å². The van der Waals surface area contributed by atoms with Crippen molar-refractivity contribution in [1.29, 1.82) is 0 Å². The Balaban J connectivity index is 1.98. The topological polar surface area (TPSA) is 63.2 Å². The van der Waals surface area contributed by atoms with Crippen molar-refractivity contribution in [3.05, 3.63) is 35.9 Å². The second-order valence-electron chi connectivity index (χ2n) is 6.69. The predicted molar refractivity (Wildman–Crippen MR) is 127 cm³/mol. The first-order valence-electron chi connectivity index (χ1n) is 10.9. The Morgan fingerprint density at radius 1 is 0.968 bits per heavy atom. The molecule has 174 valence electrons. The zero-order chi connectivity index (χ0) is 22.4. The molecule has 0 saturated heterocycles. The lowest BCUT2D eigenvalue weighted by Gasteiger charge is -2.06. The van der Waals surface area contributed by atoms with Crippen LogP contribution in [0.25, 0.3) is 6.08 Å². The van der Waals surface area contributed by atoms with Crippen molar-refractivity contribution >= 4 is 33.6 Å². The van der Waals surface area contributed by atoms with Gasteiger partial charge in [0.15, 0.2) is 0 Å². The van der Waals surface area contributed by atoms with Crippen molar-refractivity contribution in [2.45, 2.75) is 45.1 Å². The van der Waals surface area contributed by atoms with Crippen LogP contribution in [0.4, 0.5) is 0 Å². The molecule has 0 aromatic heterocycles. The van der Waals surface area contributed by atoms with Crippen LogP contribution >= 0.6 is 11.8 Å².